The standard InChI is InChI=1S/C15H18Cl2O/c1-2-3-4-5-6-13(18)9-7-12-8-10-14(16)15(17)11-12/h7-11H,2-6H2,1H3/b9-7+. The fourth-order valence-corrected chi connectivity index (χ4v) is 1.92. The first kappa shape index (κ1) is 15.3. The van der Waals surface area contributed by atoms with Gasteiger partial charge in [-0.3, -0.25) is 4.79 Å². The van der Waals surface area contributed by atoms with Crippen LogP contribution in [-0.4, -0.2) is 5.78 Å². The molecule has 0 heterocycles. The quantitative estimate of drug-likeness (QED) is 0.474. The molecule has 0 N–H and O–H groups in total. The molecule has 1 nitrogen and oxygen atoms in total. The van der Waals surface area contributed by atoms with Crippen LogP contribution in [0.5, 0.6) is 0 Å². The largest absolute Gasteiger partial charge is 0.295 e. The fourth-order valence-electron chi connectivity index (χ4n) is 1.61. The molecule has 0 fully saturated rings. The summed E-state index contributed by atoms with van der Waals surface area (Å²) in [6, 6.07) is 5.33. The number of hydrogen-bond acceptors (Lipinski definition) is 1. The molecule has 0 saturated carbocycles. The Kier molecular flexibility index (Phi) is 7.07. The zero-order valence-electron chi connectivity index (χ0n) is 10.6. The summed E-state index contributed by atoms with van der Waals surface area (Å²) in [6.07, 6.45) is 8.51. The van der Waals surface area contributed by atoms with E-state index in [0.29, 0.717) is 16.5 Å². The lowest BCUT2D eigenvalue weighted by Crippen LogP contribution is -1.92. The van der Waals surface area contributed by atoms with Crippen LogP contribution < -0.4 is 0 Å². The number of carbonyl (C=O) groups excluding carboxylic acids is 1. The molecular weight excluding hydrogens is 267 g/mol. The number of hydrogen-bond donors (Lipinski definition) is 0. The van der Waals surface area contributed by atoms with Crippen molar-refractivity contribution in [3.05, 3.63) is 39.9 Å². The number of ketones is 1. The summed E-state index contributed by atoms with van der Waals surface area (Å²) in [4.78, 5) is 11.6. The van der Waals surface area contributed by atoms with Crippen molar-refractivity contribution in [3.8, 4) is 0 Å². The zero-order chi connectivity index (χ0) is 13.4. The summed E-state index contributed by atoms with van der Waals surface area (Å²) in [5.74, 6) is 0.164. The summed E-state index contributed by atoms with van der Waals surface area (Å²) in [6.45, 7) is 2.16. The van der Waals surface area contributed by atoms with Crippen molar-refractivity contribution >= 4 is 35.1 Å². The molecular formula is C15H18Cl2O. The number of benzene rings is 1. The van der Waals surface area contributed by atoms with Gasteiger partial charge in [-0.25, -0.2) is 0 Å². The number of allylic oxidation sites excluding steroid dienone is 1. The molecule has 18 heavy (non-hydrogen) atoms. The molecule has 0 amide bonds. The van der Waals surface area contributed by atoms with Crippen molar-refractivity contribution in [1.29, 1.82) is 0 Å². The third-order valence-electron chi connectivity index (χ3n) is 2.68. The highest BCUT2D eigenvalue weighted by atomic mass is 35.5. The summed E-state index contributed by atoms with van der Waals surface area (Å²) in [7, 11) is 0. The van der Waals surface area contributed by atoms with E-state index in [1.54, 1.807) is 24.3 Å². The summed E-state index contributed by atoms with van der Waals surface area (Å²) >= 11 is 11.7. The van der Waals surface area contributed by atoms with Gasteiger partial charge >= 0.3 is 0 Å². The van der Waals surface area contributed by atoms with E-state index in [9.17, 15) is 4.79 Å². The first-order valence-corrected chi connectivity index (χ1v) is 7.05. The number of rotatable bonds is 7. The molecule has 1 rings (SSSR count). The van der Waals surface area contributed by atoms with Crippen molar-refractivity contribution < 1.29 is 4.79 Å². The van der Waals surface area contributed by atoms with Crippen LogP contribution >= 0.6 is 23.2 Å². The molecule has 0 saturated heterocycles. The third-order valence-corrected chi connectivity index (χ3v) is 3.42. The van der Waals surface area contributed by atoms with Crippen LogP contribution in [0.1, 0.15) is 44.6 Å². The van der Waals surface area contributed by atoms with Crippen molar-refractivity contribution in [3.63, 3.8) is 0 Å². The van der Waals surface area contributed by atoms with Gasteiger partial charge < -0.3 is 0 Å². The Morgan fingerprint density at radius 2 is 1.94 bits per heavy atom. The Hall–Kier alpha value is -0.790. The van der Waals surface area contributed by atoms with Gasteiger partial charge in [-0.1, -0.05) is 61.5 Å². The van der Waals surface area contributed by atoms with E-state index < -0.39 is 0 Å². The van der Waals surface area contributed by atoms with Crippen LogP contribution in [0, 0.1) is 0 Å². The summed E-state index contributed by atoms with van der Waals surface area (Å²) in [5.41, 5.74) is 0.895. The van der Waals surface area contributed by atoms with Crippen molar-refractivity contribution in [1.82, 2.24) is 0 Å². The van der Waals surface area contributed by atoms with Gasteiger partial charge in [0.2, 0.25) is 0 Å². The Morgan fingerprint density at radius 1 is 1.17 bits per heavy atom. The summed E-state index contributed by atoms with van der Waals surface area (Å²) in [5, 5.41) is 1.04. The monoisotopic (exact) mass is 284 g/mol. The molecule has 98 valence electrons. The molecule has 0 bridgehead atoms. The first-order chi connectivity index (χ1) is 8.63. The molecule has 1 aromatic carbocycles. The van der Waals surface area contributed by atoms with Crippen LogP contribution in [0.4, 0.5) is 0 Å². The molecule has 0 unspecified atom stereocenters. The van der Waals surface area contributed by atoms with Crippen LogP contribution in [0.15, 0.2) is 24.3 Å². The minimum absolute atomic E-state index is 0.164. The Balaban J connectivity index is 2.43. The van der Waals surface area contributed by atoms with Gasteiger partial charge in [-0.05, 0) is 30.2 Å². The molecule has 0 aromatic heterocycles. The average molecular weight is 285 g/mol. The lowest BCUT2D eigenvalue weighted by Gasteiger charge is -1.98. The maximum atomic E-state index is 11.6. The van der Waals surface area contributed by atoms with Gasteiger partial charge in [0.25, 0.3) is 0 Å². The van der Waals surface area contributed by atoms with E-state index in [-0.39, 0.29) is 5.78 Å². The molecule has 0 aliphatic carbocycles. The number of halogens is 2. The van der Waals surface area contributed by atoms with E-state index in [0.717, 1.165) is 18.4 Å². The maximum absolute atomic E-state index is 11.6. The Labute approximate surface area is 119 Å². The van der Waals surface area contributed by atoms with E-state index >= 15 is 0 Å². The molecule has 0 aliphatic heterocycles. The van der Waals surface area contributed by atoms with Gasteiger partial charge in [-0.15, -0.1) is 0 Å². The van der Waals surface area contributed by atoms with E-state index in [1.165, 1.54) is 12.8 Å². The lowest BCUT2D eigenvalue weighted by molar-refractivity contribution is -0.114. The van der Waals surface area contributed by atoms with E-state index in [2.05, 4.69) is 6.92 Å². The predicted octanol–water partition coefficient (Wildman–Crippen LogP) is 5.55. The third kappa shape index (κ3) is 5.70. The van der Waals surface area contributed by atoms with Crippen LogP contribution in [-0.2, 0) is 4.79 Å². The van der Waals surface area contributed by atoms with Gasteiger partial charge in [-0.2, -0.15) is 0 Å². The van der Waals surface area contributed by atoms with Gasteiger partial charge in [0.05, 0.1) is 10.0 Å². The van der Waals surface area contributed by atoms with Crippen LogP contribution in [0.25, 0.3) is 6.08 Å². The van der Waals surface area contributed by atoms with Gasteiger partial charge in [0.15, 0.2) is 5.78 Å². The Bertz CT molecular complexity index is 425. The molecule has 0 aliphatic rings. The maximum Gasteiger partial charge on any atom is 0.155 e. The molecule has 0 spiro atoms. The second-order valence-electron chi connectivity index (χ2n) is 4.28. The lowest BCUT2D eigenvalue weighted by atomic mass is 10.1. The normalized spacial score (nSPS) is 11.1. The molecule has 1 aromatic rings. The highest BCUT2D eigenvalue weighted by Crippen LogP contribution is 2.23. The smallest absolute Gasteiger partial charge is 0.155 e. The predicted molar refractivity (Wildman–Crippen MR) is 79.3 cm³/mol. The highest BCUT2D eigenvalue weighted by Gasteiger charge is 1.99. The average Bonchev–Trinajstić information content (AvgIpc) is 2.36. The highest BCUT2D eigenvalue weighted by molar-refractivity contribution is 6.42. The molecule has 0 atom stereocenters. The second kappa shape index (κ2) is 8.34. The van der Waals surface area contributed by atoms with Crippen LogP contribution in [0.2, 0.25) is 10.0 Å². The fraction of sp³-hybridized carbons (Fsp3) is 0.400. The van der Waals surface area contributed by atoms with Crippen LogP contribution in [0.3, 0.4) is 0 Å². The number of carbonyl (C=O) groups is 1. The molecule has 0 radical (unpaired) electrons. The van der Waals surface area contributed by atoms with Crippen molar-refractivity contribution in [2.75, 3.05) is 0 Å². The van der Waals surface area contributed by atoms with Crippen molar-refractivity contribution in [2.24, 2.45) is 0 Å². The van der Waals surface area contributed by atoms with Gasteiger partial charge in [0, 0.05) is 6.42 Å². The molecule has 3 heteroatoms. The number of unbranched alkanes of at least 4 members (excludes halogenated alkanes) is 3. The topological polar surface area (TPSA) is 17.1 Å². The minimum atomic E-state index is 0.164. The second-order valence-corrected chi connectivity index (χ2v) is 5.10. The summed E-state index contributed by atoms with van der Waals surface area (Å²) < 4.78 is 0. The zero-order valence-corrected chi connectivity index (χ0v) is 12.1. The SMILES string of the molecule is CCCCCCC(=O)/C=C/c1ccc(Cl)c(Cl)c1. The van der Waals surface area contributed by atoms with E-state index in [1.807, 2.05) is 6.07 Å². The van der Waals surface area contributed by atoms with E-state index in [4.69, 9.17) is 23.2 Å². The first-order valence-electron chi connectivity index (χ1n) is 6.29. The van der Waals surface area contributed by atoms with Crippen molar-refractivity contribution in [2.45, 2.75) is 39.0 Å². The van der Waals surface area contributed by atoms with Gasteiger partial charge in [0.1, 0.15) is 0 Å². The minimum Gasteiger partial charge on any atom is -0.295 e. The Morgan fingerprint density at radius 3 is 2.61 bits per heavy atom.